The van der Waals surface area contributed by atoms with Gasteiger partial charge in [0.05, 0.1) is 0 Å². The molecule has 0 saturated heterocycles. The lowest BCUT2D eigenvalue weighted by molar-refractivity contribution is 0.235. The van der Waals surface area contributed by atoms with Gasteiger partial charge in [0.15, 0.2) is 0 Å². The first-order valence-electron chi connectivity index (χ1n) is 5.64. The fourth-order valence-electron chi connectivity index (χ4n) is 1.49. The van der Waals surface area contributed by atoms with Crippen LogP contribution < -0.4 is 5.32 Å². The molecule has 0 aliphatic heterocycles. The lowest BCUT2D eigenvalue weighted by Gasteiger charge is -2.26. The van der Waals surface area contributed by atoms with Crippen LogP contribution in [0.4, 0.5) is 0 Å². The summed E-state index contributed by atoms with van der Waals surface area (Å²) in [6.07, 6.45) is 0.745. The Balaban J connectivity index is 2.48. The molecule has 0 unspecified atom stereocenters. The van der Waals surface area contributed by atoms with E-state index in [9.17, 15) is 0 Å². The zero-order valence-electron chi connectivity index (χ0n) is 10.2. The number of hydrogen-bond donors (Lipinski definition) is 2. The normalized spacial score (nSPS) is 11.4. The van der Waals surface area contributed by atoms with Crippen molar-refractivity contribution >= 4 is 5.57 Å². The van der Waals surface area contributed by atoms with Gasteiger partial charge in [-0.1, -0.05) is 36.9 Å². The first kappa shape index (κ1) is 12.9. The van der Waals surface area contributed by atoms with E-state index in [4.69, 9.17) is 5.11 Å². The minimum absolute atomic E-state index is 0.0491. The quantitative estimate of drug-likeness (QED) is 0.770. The number of hydrogen-bond acceptors (Lipinski definition) is 2. The molecule has 2 heteroatoms. The van der Waals surface area contributed by atoms with E-state index in [1.54, 1.807) is 0 Å². The van der Waals surface area contributed by atoms with Gasteiger partial charge in [-0.25, -0.2) is 0 Å². The van der Waals surface area contributed by atoms with Crippen molar-refractivity contribution in [3.8, 4) is 0 Å². The van der Waals surface area contributed by atoms with Gasteiger partial charge in [0.25, 0.3) is 0 Å². The van der Waals surface area contributed by atoms with Gasteiger partial charge >= 0.3 is 0 Å². The third kappa shape index (κ3) is 4.17. The molecule has 0 heterocycles. The Kier molecular flexibility index (Phi) is 4.71. The lowest BCUT2D eigenvalue weighted by atomic mass is 10.00. The van der Waals surface area contributed by atoms with Crippen molar-refractivity contribution in [2.75, 3.05) is 13.2 Å². The lowest BCUT2D eigenvalue weighted by Crippen LogP contribution is -2.40. The number of nitrogens with one attached hydrogen (secondary N) is 1. The summed E-state index contributed by atoms with van der Waals surface area (Å²) in [5.41, 5.74) is 2.19. The molecule has 0 atom stereocenters. The van der Waals surface area contributed by atoms with Crippen LogP contribution in [0.5, 0.6) is 0 Å². The largest absolute Gasteiger partial charge is 0.396 e. The summed E-state index contributed by atoms with van der Waals surface area (Å²) in [4.78, 5) is 0. The molecule has 0 saturated carbocycles. The van der Waals surface area contributed by atoms with E-state index in [1.165, 1.54) is 0 Å². The minimum Gasteiger partial charge on any atom is -0.396 e. The zero-order chi connectivity index (χ0) is 12.0. The van der Waals surface area contributed by atoms with Crippen LogP contribution in [0.25, 0.3) is 5.57 Å². The average molecular weight is 219 g/mol. The van der Waals surface area contributed by atoms with Gasteiger partial charge in [0.2, 0.25) is 0 Å². The Bertz CT molecular complexity index is 330. The van der Waals surface area contributed by atoms with E-state index in [-0.39, 0.29) is 12.1 Å². The monoisotopic (exact) mass is 219 g/mol. The van der Waals surface area contributed by atoms with Crippen molar-refractivity contribution in [3.63, 3.8) is 0 Å². The van der Waals surface area contributed by atoms with Crippen molar-refractivity contribution in [1.82, 2.24) is 5.32 Å². The maximum absolute atomic E-state index is 8.92. The molecule has 0 amide bonds. The topological polar surface area (TPSA) is 32.3 Å². The second-order valence-electron chi connectivity index (χ2n) is 4.68. The standard InChI is InChI=1S/C14H21NO/c1-12(13-7-5-4-6-8-13)11-15-14(2,3)9-10-16/h4-8,15-16H,1,9-11H2,2-3H3. The Morgan fingerprint density at radius 2 is 1.94 bits per heavy atom. The smallest absolute Gasteiger partial charge is 0.0448 e. The predicted molar refractivity (Wildman–Crippen MR) is 69.3 cm³/mol. The molecule has 2 N–H and O–H groups in total. The highest BCUT2D eigenvalue weighted by atomic mass is 16.3. The Labute approximate surface area is 98.0 Å². The van der Waals surface area contributed by atoms with Crippen LogP contribution in [0, 0.1) is 0 Å². The van der Waals surface area contributed by atoms with Gasteiger partial charge in [-0.3, -0.25) is 0 Å². The summed E-state index contributed by atoms with van der Waals surface area (Å²) >= 11 is 0. The number of rotatable bonds is 6. The van der Waals surface area contributed by atoms with Gasteiger partial charge in [0.1, 0.15) is 0 Å². The highest BCUT2D eigenvalue weighted by molar-refractivity contribution is 5.64. The van der Waals surface area contributed by atoms with Crippen molar-refractivity contribution in [1.29, 1.82) is 0 Å². The van der Waals surface area contributed by atoms with Gasteiger partial charge in [-0.15, -0.1) is 0 Å². The van der Waals surface area contributed by atoms with Gasteiger partial charge in [0, 0.05) is 18.7 Å². The summed E-state index contributed by atoms with van der Waals surface area (Å²) in [7, 11) is 0. The van der Waals surface area contributed by atoms with Crippen LogP contribution in [0.1, 0.15) is 25.8 Å². The molecule has 0 aliphatic carbocycles. The third-order valence-electron chi connectivity index (χ3n) is 2.70. The van der Waals surface area contributed by atoms with Crippen LogP contribution in [-0.4, -0.2) is 23.8 Å². The highest BCUT2D eigenvalue weighted by Gasteiger charge is 2.15. The molecule has 16 heavy (non-hydrogen) atoms. The molecular formula is C14H21NO. The van der Waals surface area contributed by atoms with E-state index in [1.807, 2.05) is 18.2 Å². The molecule has 0 aliphatic rings. The average Bonchev–Trinajstić information content (AvgIpc) is 2.27. The second kappa shape index (κ2) is 5.83. The fraction of sp³-hybridized carbons (Fsp3) is 0.429. The van der Waals surface area contributed by atoms with Gasteiger partial charge in [-0.05, 0) is 31.4 Å². The Morgan fingerprint density at radius 3 is 2.50 bits per heavy atom. The van der Waals surface area contributed by atoms with Crippen LogP contribution in [0.15, 0.2) is 36.9 Å². The molecule has 0 aromatic heterocycles. The molecule has 1 aromatic rings. The number of benzene rings is 1. The molecule has 0 spiro atoms. The first-order valence-corrected chi connectivity index (χ1v) is 5.64. The van der Waals surface area contributed by atoms with Crippen LogP contribution in [0.2, 0.25) is 0 Å². The van der Waals surface area contributed by atoms with Gasteiger partial charge in [-0.2, -0.15) is 0 Å². The number of aliphatic hydroxyl groups excluding tert-OH is 1. The number of aliphatic hydroxyl groups is 1. The van der Waals surface area contributed by atoms with E-state index in [0.29, 0.717) is 0 Å². The molecule has 0 bridgehead atoms. The van der Waals surface area contributed by atoms with Gasteiger partial charge < -0.3 is 10.4 Å². The Hall–Kier alpha value is -1.12. The van der Waals surface area contributed by atoms with Crippen LogP contribution >= 0.6 is 0 Å². The summed E-state index contributed by atoms with van der Waals surface area (Å²) in [6, 6.07) is 10.1. The van der Waals surface area contributed by atoms with E-state index in [0.717, 1.165) is 24.1 Å². The van der Waals surface area contributed by atoms with Crippen molar-refractivity contribution in [2.45, 2.75) is 25.8 Å². The zero-order valence-corrected chi connectivity index (χ0v) is 10.2. The SMILES string of the molecule is C=C(CNC(C)(C)CCO)c1ccccc1. The summed E-state index contributed by atoms with van der Waals surface area (Å²) in [5.74, 6) is 0. The highest BCUT2D eigenvalue weighted by Crippen LogP contribution is 2.13. The van der Waals surface area contributed by atoms with Crippen molar-refractivity contribution in [3.05, 3.63) is 42.5 Å². The van der Waals surface area contributed by atoms with E-state index in [2.05, 4.69) is 37.9 Å². The maximum Gasteiger partial charge on any atom is 0.0448 e. The molecule has 1 aromatic carbocycles. The molecule has 88 valence electrons. The van der Waals surface area contributed by atoms with E-state index < -0.39 is 0 Å². The summed E-state index contributed by atoms with van der Waals surface area (Å²) in [6.45, 7) is 9.19. The molecule has 0 fully saturated rings. The molecule has 0 radical (unpaired) electrons. The van der Waals surface area contributed by atoms with Crippen LogP contribution in [-0.2, 0) is 0 Å². The molecule has 2 nitrogen and oxygen atoms in total. The third-order valence-corrected chi connectivity index (χ3v) is 2.70. The second-order valence-corrected chi connectivity index (χ2v) is 4.68. The van der Waals surface area contributed by atoms with Crippen molar-refractivity contribution in [2.24, 2.45) is 0 Å². The first-order chi connectivity index (χ1) is 7.55. The molecule has 1 rings (SSSR count). The fourth-order valence-corrected chi connectivity index (χ4v) is 1.49. The van der Waals surface area contributed by atoms with Crippen molar-refractivity contribution < 1.29 is 5.11 Å². The summed E-state index contributed by atoms with van der Waals surface area (Å²) in [5, 5.41) is 12.3. The maximum atomic E-state index is 8.92. The van der Waals surface area contributed by atoms with E-state index >= 15 is 0 Å². The summed E-state index contributed by atoms with van der Waals surface area (Å²) < 4.78 is 0. The molecular weight excluding hydrogens is 198 g/mol. The predicted octanol–water partition coefficient (Wildman–Crippen LogP) is 2.45. The van der Waals surface area contributed by atoms with Crippen LogP contribution in [0.3, 0.4) is 0 Å². The minimum atomic E-state index is -0.0491. The Morgan fingerprint density at radius 1 is 1.31 bits per heavy atom.